The molecule has 1 fully saturated rings. The highest BCUT2D eigenvalue weighted by molar-refractivity contribution is 5.55. The summed E-state index contributed by atoms with van der Waals surface area (Å²) in [4.78, 5) is 6.44. The first-order valence-corrected chi connectivity index (χ1v) is 6.25. The first-order chi connectivity index (χ1) is 8.74. The Kier molecular flexibility index (Phi) is 2.83. The summed E-state index contributed by atoms with van der Waals surface area (Å²) in [5, 5.41) is 8.52. The van der Waals surface area contributed by atoms with Crippen LogP contribution in [0.2, 0.25) is 0 Å². The Balaban J connectivity index is 1.86. The number of aromatic nitrogens is 4. The van der Waals surface area contributed by atoms with E-state index in [9.17, 15) is 0 Å². The van der Waals surface area contributed by atoms with Gasteiger partial charge >= 0.3 is 0 Å². The summed E-state index contributed by atoms with van der Waals surface area (Å²) in [6.07, 6.45) is 5.61. The minimum Gasteiger partial charge on any atom is -0.304 e. The van der Waals surface area contributed by atoms with Crippen molar-refractivity contribution in [2.45, 2.75) is 13.0 Å². The molecule has 94 valence electrons. The second-order valence-corrected chi connectivity index (χ2v) is 5.09. The molecule has 5 nitrogen and oxygen atoms in total. The van der Waals surface area contributed by atoms with Crippen LogP contribution in [0.3, 0.4) is 0 Å². The van der Waals surface area contributed by atoms with E-state index in [2.05, 4.69) is 34.2 Å². The Labute approximate surface area is 106 Å². The maximum absolute atomic E-state index is 4.27. The number of likely N-dealkylation sites (N-methyl/N-ethyl adjacent to an activating group) is 1. The summed E-state index contributed by atoms with van der Waals surface area (Å²) in [5.41, 5.74) is 1.91. The molecule has 0 aliphatic carbocycles. The minimum atomic E-state index is 0.424. The van der Waals surface area contributed by atoms with E-state index in [0.29, 0.717) is 12.0 Å². The van der Waals surface area contributed by atoms with Crippen molar-refractivity contribution in [1.29, 1.82) is 0 Å². The molecule has 1 aliphatic heterocycles. The molecule has 1 aliphatic rings. The van der Waals surface area contributed by atoms with Crippen LogP contribution in [0.5, 0.6) is 0 Å². The van der Waals surface area contributed by atoms with Gasteiger partial charge in [-0.3, -0.25) is 4.98 Å². The van der Waals surface area contributed by atoms with Crippen LogP contribution in [0.15, 0.2) is 30.7 Å². The molecule has 0 radical (unpaired) electrons. The molecule has 0 amide bonds. The molecular weight excluding hydrogens is 226 g/mol. The van der Waals surface area contributed by atoms with Gasteiger partial charge in [-0.25, -0.2) is 4.68 Å². The molecule has 0 bridgehead atoms. The van der Waals surface area contributed by atoms with Crippen LogP contribution in [0.25, 0.3) is 11.3 Å². The first kappa shape index (κ1) is 11.3. The van der Waals surface area contributed by atoms with Crippen molar-refractivity contribution in [1.82, 2.24) is 24.9 Å². The summed E-state index contributed by atoms with van der Waals surface area (Å²) < 4.78 is 2.00. The summed E-state index contributed by atoms with van der Waals surface area (Å²) in [6, 6.07) is 4.35. The standard InChI is InChI=1S/C13H17N5/c1-10-7-17(2)9-13(10)18-8-12(15-16-18)11-4-3-5-14-6-11/h3-6,8,10,13H,7,9H2,1-2H3. The van der Waals surface area contributed by atoms with Crippen LogP contribution in [0, 0.1) is 5.92 Å². The third-order valence-electron chi connectivity index (χ3n) is 3.56. The zero-order valence-corrected chi connectivity index (χ0v) is 10.7. The maximum Gasteiger partial charge on any atom is 0.114 e. The lowest BCUT2D eigenvalue weighted by Gasteiger charge is -2.13. The summed E-state index contributed by atoms with van der Waals surface area (Å²) in [5.74, 6) is 0.610. The molecule has 2 aromatic rings. The van der Waals surface area contributed by atoms with Gasteiger partial charge in [0, 0.05) is 31.0 Å². The first-order valence-electron chi connectivity index (χ1n) is 6.25. The van der Waals surface area contributed by atoms with Crippen LogP contribution in [0.4, 0.5) is 0 Å². The summed E-state index contributed by atoms with van der Waals surface area (Å²) in [6.45, 7) is 4.42. The van der Waals surface area contributed by atoms with Gasteiger partial charge in [0.15, 0.2) is 0 Å². The quantitative estimate of drug-likeness (QED) is 0.801. The van der Waals surface area contributed by atoms with Crippen LogP contribution < -0.4 is 0 Å². The van der Waals surface area contributed by atoms with Gasteiger partial charge in [0.05, 0.1) is 12.2 Å². The van der Waals surface area contributed by atoms with Crippen molar-refractivity contribution in [3.8, 4) is 11.3 Å². The van der Waals surface area contributed by atoms with Crippen LogP contribution in [-0.2, 0) is 0 Å². The smallest absolute Gasteiger partial charge is 0.114 e. The fourth-order valence-corrected chi connectivity index (χ4v) is 2.62. The fraction of sp³-hybridized carbons (Fsp3) is 0.462. The molecule has 2 aromatic heterocycles. The number of rotatable bonds is 2. The highest BCUT2D eigenvalue weighted by Crippen LogP contribution is 2.26. The van der Waals surface area contributed by atoms with Crippen molar-refractivity contribution in [2.75, 3.05) is 20.1 Å². The molecule has 0 aromatic carbocycles. The average molecular weight is 243 g/mol. The molecular formula is C13H17N5. The fourth-order valence-electron chi connectivity index (χ4n) is 2.62. The second-order valence-electron chi connectivity index (χ2n) is 5.09. The van der Waals surface area contributed by atoms with E-state index in [0.717, 1.165) is 24.3 Å². The monoisotopic (exact) mass is 243 g/mol. The molecule has 18 heavy (non-hydrogen) atoms. The largest absolute Gasteiger partial charge is 0.304 e. The van der Waals surface area contributed by atoms with Crippen LogP contribution in [0.1, 0.15) is 13.0 Å². The number of pyridine rings is 1. The van der Waals surface area contributed by atoms with Gasteiger partial charge in [0.1, 0.15) is 5.69 Å². The number of likely N-dealkylation sites (tertiary alicyclic amines) is 1. The zero-order valence-electron chi connectivity index (χ0n) is 10.7. The Morgan fingerprint density at radius 1 is 1.33 bits per heavy atom. The Bertz CT molecular complexity index is 521. The lowest BCUT2D eigenvalue weighted by Crippen LogP contribution is -2.17. The zero-order chi connectivity index (χ0) is 12.5. The molecule has 3 rings (SSSR count). The maximum atomic E-state index is 4.27. The average Bonchev–Trinajstić information content (AvgIpc) is 2.97. The van der Waals surface area contributed by atoms with E-state index in [1.807, 2.05) is 29.2 Å². The summed E-state index contributed by atoms with van der Waals surface area (Å²) >= 11 is 0. The highest BCUT2D eigenvalue weighted by Gasteiger charge is 2.29. The van der Waals surface area contributed by atoms with Gasteiger partial charge in [-0.15, -0.1) is 5.10 Å². The van der Waals surface area contributed by atoms with Gasteiger partial charge < -0.3 is 4.90 Å². The van der Waals surface area contributed by atoms with E-state index in [1.54, 1.807) is 6.20 Å². The molecule has 3 heterocycles. The van der Waals surface area contributed by atoms with E-state index in [4.69, 9.17) is 0 Å². The van der Waals surface area contributed by atoms with Gasteiger partial charge in [0.25, 0.3) is 0 Å². The summed E-state index contributed by atoms with van der Waals surface area (Å²) in [7, 11) is 2.15. The molecule has 0 N–H and O–H groups in total. The van der Waals surface area contributed by atoms with E-state index in [-0.39, 0.29) is 0 Å². The Morgan fingerprint density at radius 3 is 2.89 bits per heavy atom. The topological polar surface area (TPSA) is 46.8 Å². The van der Waals surface area contributed by atoms with Gasteiger partial charge in [0.2, 0.25) is 0 Å². The third kappa shape index (κ3) is 2.01. The van der Waals surface area contributed by atoms with Crippen molar-refractivity contribution in [3.05, 3.63) is 30.7 Å². The van der Waals surface area contributed by atoms with E-state index >= 15 is 0 Å². The predicted octanol–water partition coefficient (Wildman–Crippen LogP) is 1.46. The lowest BCUT2D eigenvalue weighted by molar-refractivity contribution is 0.373. The molecule has 2 atom stereocenters. The van der Waals surface area contributed by atoms with Crippen LogP contribution >= 0.6 is 0 Å². The van der Waals surface area contributed by atoms with Gasteiger partial charge in [-0.2, -0.15) is 0 Å². The number of hydrogen-bond acceptors (Lipinski definition) is 4. The van der Waals surface area contributed by atoms with Crippen LogP contribution in [-0.4, -0.2) is 45.0 Å². The predicted molar refractivity (Wildman–Crippen MR) is 69.0 cm³/mol. The normalized spacial score (nSPS) is 24.6. The number of hydrogen-bond donors (Lipinski definition) is 0. The van der Waals surface area contributed by atoms with Crippen molar-refractivity contribution in [3.63, 3.8) is 0 Å². The minimum absolute atomic E-state index is 0.424. The number of nitrogens with zero attached hydrogens (tertiary/aromatic N) is 5. The SMILES string of the molecule is CC1CN(C)CC1n1cc(-c2cccnc2)nn1. The van der Waals surface area contributed by atoms with Crippen molar-refractivity contribution in [2.24, 2.45) is 5.92 Å². The second kappa shape index (κ2) is 4.49. The van der Waals surface area contributed by atoms with Gasteiger partial charge in [-0.05, 0) is 25.1 Å². The Morgan fingerprint density at radius 2 is 2.22 bits per heavy atom. The molecule has 2 unspecified atom stereocenters. The molecule has 1 saturated heterocycles. The van der Waals surface area contributed by atoms with Crippen molar-refractivity contribution >= 4 is 0 Å². The molecule has 0 saturated carbocycles. The Hall–Kier alpha value is -1.75. The van der Waals surface area contributed by atoms with Crippen molar-refractivity contribution < 1.29 is 0 Å². The van der Waals surface area contributed by atoms with E-state index < -0.39 is 0 Å². The molecule has 5 heteroatoms. The molecule has 0 spiro atoms. The van der Waals surface area contributed by atoms with Gasteiger partial charge in [-0.1, -0.05) is 12.1 Å². The highest BCUT2D eigenvalue weighted by atomic mass is 15.4. The lowest BCUT2D eigenvalue weighted by atomic mass is 10.1. The van der Waals surface area contributed by atoms with E-state index in [1.165, 1.54) is 0 Å². The third-order valence-corrected chi connectivity index (χ3v) is 3.56.